The fraction of sp³-hybridized carbons (Fsp3) is 0.917. The second kappa shape index (κ2) is 9.93. The Morgan fingerprint density at radius 3 is 2.06 bits per heavy atom. The van der Waals surface area contributed by atoms with E-state index in [1.54, 1.807) is 32.6 Å². The van der Waals surface area contributed by atoms with E-state index in [9.17, 15) is 18.4 Å². The molecule has 0 radical (unpaired) electrons. The molecule has 0 aromatic carbocycles. The number of nitrogens with zero attached hydrogens (tertiary/aromatic N) is 2. The van der Waals surface area contributed by atoms with Crippen molar-refractivity contribution in [3.05, 3.63) is 0 Å². The lowest BCUT2D eigenvalue weighted by molar-refractivity contribution is -0.315. The van der Waals surface area contributed by atoms with Crippen molar-refractivity contribution in [1.29, 1.82) is 0 Å². The van der Waals surface area contributed by atoms with E-state index in [0.29, 0.717) is 45.4 Å². The lowest BCUT2D eigenvalue weighted by Crippen LogP contribution is -2.72. The molecule has 0 N–H and O–H groups in total. The Balaban J connectivity index is 1.96. The van der Waals surface area contributed by atoms with Gasteiger partial charge in [-0.3, -0.25) is 9.69 Å². The smallest absolute Gasteiger partial charge is 0.371 e. The summed E-state index contributed by atoms with van der Waals surface area (Å²) < 4.78 is 62.4. The van der Waals surface area contributed by atoms with Crippen molar-refractivity contribution in [1.82, 2.24) is 9.80 Å². The van der Waals surface area contributed by atoms with Gasteiger partial charge in [-0.25, -0.2) is 22.9 Å². The molecular weight excluding hydrogens is 453 g/mol. The Labute approximate surface area is 200 Å². The van der Waals surface area contributed by atoms with Crippen LogP contribution in [0.15, 0.2) is 0 Å². The first kappa shape index (κ1) is 27.2. The van der Waals surface area contributed by atoms with Gasteiger partial charge in [0.25, 0.3) is 11.8 Å². The van der Waals surface area contributed by atoms with Crippen LogP contribution in [0, 0.1) is 5.92 Å². The first-order chi connectivity index (χ1) is 15.7. The third-order valence-corrected chi connectivity index (χ3v) is 7.01. The Kier molecular flexibility index (Phi) is 7.95. The van der Waals surface area contributed by atoms with Crippen molar-refractivity contribution in [2.75, 3.05) is 26.2 Å². The summed E-state index contributed by atoms with van der Waals surface area (Å²) in [7, 11) is 0. The predicted molar refractivity (Wildman–Crippen MR) is 119 cm³/mol. The van der Waals surface area contributed by atoms with Crippen LogP contribution in [0.5, 0.6) is 0 Å². The predicted octanol–water partition coefficient (Wildman–Crippen LogP) is 4.24. The summed E-state index contributed by atoms with van der Waals surface area (Å²) in [6.07, 6.45) is 2.03. The van der Waals surface area contributed by atoms with Crippen LogP contribution in [0.1, 0.15) is 79.6 Å². The van der Waals surface area contributed by atoms with E-state index in [4.69, 9.17) is 14.2 Å². The molecule has 1 unspecified atom stereocenters. The molecule has 2 heterocycles. The van der Waals surface area contributed by atoms with Crippen molar-refractivity contribution in [3.63, 3.8) is 0 Å². The van der Waals surface area contributed by atoms with Crippen molar-refractivity contribution in [2.24, 2.45) is 5.92 Å². The zero-order valence-electron chi connectivity index (χ0n) is 21.0. The zero-order valence-corrected chi connectivity index (χ0v) is 21.0. The number of alkyl halides is 3. The Bertz CT molecular complexity index is 743. The van der Waals surface area contributed by atoms with Crippen LogP contribution in [0.3, 0.4) is 0 Å². The van der Waals surface area contributed by atoms with Crippen LogP contribution in [0.2, 0.25) is 0 Å². The van der Waals surface area contributed by atoms with Gasteiger partial charge in [0, 0.05) is 26.1 Å². The molecule has 2 aliphatic heterocycles. The first-order valence-electron chi connectivity index (χ1n) is 12.4. The van der Waals surface area contributed by atoms with Crippen LogP contribution < -0.4 is 0 Å². The van der Waals surface area contributed by atoms with Crippen molar-refractivity contribution >= 4 is 11.9 Å². The first-order valence-corrected chi connectivity index (χ1v) is 12.4. The van der Waals surface area contributed by atoms with Gasteiger partial charge in [-0.1, -0.05) is 0 Å². The molecule has 3 fully saturated rings. The van der Waals surface area contributed by atoms with Gasteiger partial charge in [-0.15, -0.1) is 0 Å². The molecule has 2 atom stereocenters. The normalized spacial score (nSPS) is 32.4. The number of hydrogen-bond acceptors (Lipinski definition) is 7. The molecule has 7 nitrogen and oxygen atoms in total. The molecule has 196 valence electrons. The Morgan fingerprint density at radius 1 is 1.00 bits per heavy atom. The number of rotatable bonds is 7. The third kappa shape index (κ3) is 5.23. The molecule has 0 aromatic heterocycles. The summed E-state index contributed by atoms with van der Waals surface area (Å²) in [5.74, 6) is -10.3. The van der Waals surface area contributed by atoms with E-state index in [1.807, 2.05) is 0 Å². The molecule has 0 bridgehead atoms. The largest absolute Gasteiger partial charge is 0.466 e. The minimum Gasteiger partial charge on any atom is -0.466 e. The van der Waals surface area contributed by atoms with E-state index in [1.165, 1.54) is 0 Å². The van der Waals surface area contributed by atoms with Crippen molar-refractivity contribution in [2.45, 2.75) is 109 Å². The van der Waals surface area contributed by atoms with Gasteiger partial charge in [0.1, 0.15) is 5.60 Å². The van der Waals surface area contributed by atoms with Crippen LogP contribution in [0.25, 0.3) is 0 Å². The molecule has 0 aromatic rings. The Hall–Kier alpha value is -1.39. The van der Waals surface area contributed by atoms with Crippen LogP contribution in [-0.4, -0.2) is 77.2 Å². The van der Waals surface area contributed by atoms with E-state index in [2.05, 4.69) is 0 Å². The number of hydrogen-bond donors (Lipinski definition) is 0. The van der Waals surface area contributed by atoms with Crippen molar-refractivity contribution in [3.8, 4) is 0 Å². The summed E-state index contributed by atoms with van der Waals surface area (Å²) in [5.41, 5.74) is -0.929. The molecular formula is C24H39F3N2O5. The number of likely N-dealkylation sites (tertiary alicyclic amines) is 2. The average molecular weight is 493 g/mol. The molecule has 1 aliphatic carbocycles. The summed E-state index contributed by atoms with van der Waals surface area (Å²) in [6, 6.07) is 0. The maximum absolute atomic E-state index is 15.8. The second-order valence-electron chi connectivity index (χ2n) is 10.7. The highest BCUT2D eigenvalue weighted by Gasteiger charge is 2.70. The summed E-state index contributed by atoms with van der Waals surface area (Å²) in [5, 5.41) is 0. The third-order valence-electron chi connectivity index (χ3n) is 7.01. The van der Waals surface area contributed by atoms with Crippen molar-refractivity contribution < 1.29 is 37.0 Å². The molecule has 34 heavy (non-hydrogen) atoms. The highest BCUT2D eigenvalue weighted by atomic mass is 19.3. The second-order valence-corrected chi connectivity index (χ2v) is 10.7. The number of carbonyl (C=O) groups is 2. The molecule has 1 saturated carbocycles. The minimum atomic E-state index is -3.65. The van der Waals surface area contributed by atoms with Gasteiger partial charge < -0.3 is 14.2 Å². The van der Waals surface area contributed by atoms with Gasteiger partial charge in [-0.05, 0) is 73.1 Å². The average Bonchev–Trinajstić information content (AvgIpc) is 3.33. The van der Waals surface area contributed by atoms with E-state index in [0.717, 1.165) is 24.7 Å². The highest BCUT2D eigenvalue weighted by molar-refractivity contribution is 5.79. The molecule has 0 spiro atoms. The highest BCUT2D eigenvalue weighted by Crippen LogP contribution is 2.50. The van der Waals surface area contributed by atoms with Gasteiger partial charge in [0.15, 0.2) is 0 Å². The van der Waals surface area contributed by atoms with Gasteiger partial charge in [0.2, 0.25) is 5.79 Å². The summed E-state index contributed by atoms with van der Waals surface area (Å²) in [4.78, 5) is 28.4. The number of esters is 2. The topological polar surface area (TPSA) is 68.3 Å². The summed E-state index contributed by atoms with van der Waals surface area (Å²) in [6.45, 7) is 8.34. The maximum atomic E-state index is 15.8. The molecule has 3 aliphatic rings. The lowest BCUT2D eigenvalue weighted by atomic mass is 9.87. The quantitative estimate of drug-likeness (QED) is 0.389. The van der Waals surface area contributed by atoms with E-state index < -0.39 is 41.7 Å². The Morgan fingerprint density at radius 2 is 1.59 bits per heavy atom. The molecule has 3 rings (SSSR count). The van der Waals surface area contributed by atoms with Gasteiger partial charge in [-0.2, -0.15) is 0 Å². The number of carbonyl (C=O) groups excluding carboxylic acids is 2. The minimum absolute atomic E-state index is 0.269. The molecule has 10 heteroatoms. The van der Waals surface area contributed by atoms with Crippen LogP contribution in [0.4, 0.5) is 13.2 Å². The maximum Gasteiger partial charge on any atom is 0.371 e. The van der Waals surface area contributed by atoms with Crippen LogP contribution >= 0.6 is 0 Å². The lowest BCUT2D eigenvalue weighted by Gasteiger charge is -2.50. The zero-order chi connectivity index (χ0) is 25.4. The van der Waals surface area contributed by atoms with E-state index >= 15 is 4.39 Å². The monoisotopic (exact) mass is 492 g/mol. The fourth-order valence-electron chi connectivity index (χ4n) is 5.19. The van der Waals surface area contributed by atoms with Gasteiger partial charge >= 0.3 is 11.9 Å². The summed E-state index contributed by atoms with van der Waals surface area (Å²) >= 11 is 0. The fourth-order valence-corrected chi connectivity index (χ4v) is 5.19. The number of halogens is 3. The molecule has 0 amide bonds. The van der Waals surface area contributed by atoms with E-state index in [-0.39, 0.29) is 18.4 Å². The molecule has 2 saturated heterocycles. The van der Waals surface area contributed by atoms with Crippen LogP contribution in [-0.2, 0) is 23.8 Å². The standard InChI is InChI=1S/C24H39F3N2O5/c1-6-32-19(30)17-9-11-18(12-10-17)33-24(28-14-7-8-15-28,20(31)34-21(2,3)4)29-16-13-23(26,27)22(29,5)25/h17-18H,6-16H2,1-5H3/t17-,18-,22-,24?/m1/s1. The number of ether oxygens (including phenoxy) is 3. The SMILES string of the molecule is CCOC(=O)[C@H]1CC[C@H](OC(C(=O)OC(C)(C)C)(N2CCCC2)N2CCC(F)(F)[C@]2(C)F)CC1. The van der Waals surface area contributed by atoms with Gasteiger partial charge in [0.05, 0.1) is 18.6 Å².